The normalized spacial score (nSPS) is 12.5. The average Bonchev–Trinajstić information content (AvgIpc) is 3.09. The lowest BCUT2D eigenvalue weighted by Gasteiger charge is -2.25. The molecule has 0 bridgehead atoms. The summed E-state index contributed by atoms with van der Waals surface area (Å²) in [6.07, 6.45) is 0.329. The molecule has 1 atom stereocenters. The van der Waals surface area contributed by atoms with E-state index in [1.807, 2.05) is 37.4 Å². The summed E-state index contributed by atoms with van der Waals surface area (Å²) in [6, 6.07) is 16.0. The fourth-order valence-corrected chi connectivity index (χ4v) is 3.86. The van der Waals surface area contributed by atoms with Gasteiger partial charge in [0.1, 0.15) is 17.3 Å². The predicted octanol–water partition coefficient (Wildman–Crippen LogP) is 5.26. The van der Waals surface area contributed by atoms with Crippen molar-refractivity contribution in [1.82, 2.24) is 14.7 Å². The highest BCUT2D eigenvalue weighted by Gasteiger charge is 2.23. The van der Waals surface area contributed by atoms with Gasteiger partial charge in [-0.05, 0) is 31.0 Å². The summed E-state index contributed by atoms with van der Waals surface area (Å²) >= 11 is 0. The molecule has 0 unspecified atom stereocenters. The molecule has 3 aromatic rings. The number of rotatable bonds is 13. The second-order valence-corrected chi connectivity index (χ2v) is 9.00. The smallest absolute Gasteiger partial charge is 0.222 e. The number of hydrogen-bond donors (Lipinski definition) is 1. The minimum absolute atomic E-state index is 0.295. The van der Waals surface area contributed by atoms with Crippen LogP contribution in [0, 0.1) is 11.7 Å². The Balaban J connectivity index is 1.89. The van der Waals surface area contributed by atoms with E-state index >= 15 is 0 Å². The Morgan fingerprint density at radius 2 is 1.85 bits per heavy atom. The monoisotopic (exact) mass is 469 g/mol. The minimum Gasteiger partial charge on any atom is -0.439 e. The zero-order valence-corrected chi connectivity index (χ0v) is 20.6. The molecular weight excluding hydrogens is 433 g/mol. The first-order valence-corrected chi connectivity index (χ1v) is 11.9. The largest absolute Gasteiger partial charge is 0.439 e. The minimum atomic E-state index is -0.602. The molecule has 1 aromatic heterocycles. The zero-order valence-electron chi connectivity index (χ0n) is 20.6. The summed E-state index contributed by atoms with van der Waals surface area (Å²) in [4.78, 5) is 2.19. The van der Waals surface area contributed by atoms with Gasteiger partial charge in [-0.25, -0.2) is 9.07 Å². The quantitative estimate of drug-likeness (QED) is 0.370. The Labute approximate surface area is 201 Å². The first-order valence-electron chi connectivity index (χ1n) is 11.9. The van der Waals surface area contributed by atoms with Crippen LogP contribution < -0.4 is 4.74 Å². The summed E-state index contributed by atoms with van der Waals surface area (Å²) in [6.45, 7) is 8.99. The van der Waals surface area contributed by atoms with E-state index in [9.17, 15) is 9.50 Å². The van der Waals surface area contributed by atoms with Gasteiger partial charge in [0, 0.05) is 38.4 Å². The Kier molecular flexibility index (Phi) is 9.62. The van der Waals surface area contributed by atoms with Crippen molar-refractivity contribution in [2.45, 2.75) is 39.8 Å². The molecule has 0 saturated carbocycles. The molecule has 0 fully saturated rings. The van der Waals surface area contributed by atoms with E-state index in [0.717, 1.165) is 29.8 Å². The SMILES string of the molecule is CCCN(Cc1c(-c2ccccc2)nn(C)c1Oc1cccc(F)c1)C[C@H](O)COCC(C)C. The van der Waals surface area contributed by atoms with Gasteiger partial charge in [0.25, 0.3) is 0 Å². The second-order valence-electron chi connectivity index (χ2n) is 9.00. The van der Waals surface area contributed by atoms with Crippen molar-refractivity contribution >= 4 is 0 Å². The Hall–Kier alpha value is -2.74. The highest BCUT2D eigenvalue weighted by atomic mass is 19.1. The number of hydrogen-bond acceptors (Lipinski definition) is 5. The maximum Gasteiger partial charge on any atom is 0.222 e. The number of aryl methyl sites for hydroxylation is 1. The van der Waals surface area contributed by atoms with Crippen molar-refractivity contribution in [3.8, 4) is 22.9 Å². The lowest BCUT2D eigenvalue weighted by molar-refractivity contribution is 0.00685. The highest BCUT2D eigenvalue weighted by molar-refractivity contribution is 5.65. The van der Waals surface area contributed by atoms with Crippen LogP contribution in [0.5, 0.6) is 11.6 Å². The van der Waals surface area contributed by atoms with Crippen LogP contribution in [0.1, 0.15) is 32.8 Å². The number of aliphatic hydroxyl groups is 1. The zero-order chi connectivity index (χ0) is 24.5. The van der Waals surface area contributed by atoms with Crippen LogP contribution in [-0.4, -0.2) is 52.2 Å². The van der Waals surface area contributed by atoms with Crippen molar-refractivity contribution < 1.29 is 19.0 Å². The van der Waals surface area contributed by atoms with Gasteiger partial charge in [0.15, 0.2) is 0 Å². The van der Waals surface area contributed by atoms with E-state index in [0.29, 0.717) is 43.9 Å². The fraction of sp³-hybridized carbons (Fsp3) is 0.444. The van der Waals surface area contributed by atoms with Crippen molar-refractivity contribution in [2.24, 2.45) is 13.0 Å². The number of ether oxygens (including phenoxy) is 2. The Morgan fingerprint density at radius 1 is 1.09 bits per heavy atom. The summed E-state index contributed by atoms with van der Waals surface area (Å²) in [5, 5.41) is 15.3. The molecule has 6 nitrogen and oxygen atoms in total. The molecule has 34 heavy (non-hydrogen) atoms. The summed E-state index contributed by atoms with van der Waals surface area (Å²) in [7, 11) is 1.82. The lowest BCUT2D eigenvalue weighted by atomic mass is 10.1. The third-order valence-electron chi connectivity index (χ3n) is 5.30. The summed E-state index contributed by atoms with van der Waals surface area (Å²) in [5.74, 6) is 1.02. The van der Waals surface area contributed by atoms with Crippen LogP contribution in [0.2, 0.25) is 0 Å². The molecule has 0 amide bonds. The average molecular weight is 470 g/mol. The first-order chi connectivity index (χ1) is 16.4. The van der Waals surface area contributed by atoms with E-state index < -0.39 is 6.10 Å². The van der Waals surface area contributed by atoms with Gasteiger partial charge in [0.2, 0.25) is 5.88 Å². The Morgan fingerprint density at radius 3 is 2.53 bits per heavy atom. The summed E-state index contributed by atoms with van der Waals surface area (Å²) < 4.78 is 27.3. The molecule has 0 aliphatic rings. The molecule has 0 spiro atoms. The van der Waals surface area contributed by atoms with E-state index in [1.165, 1.54) is 12.1 Å². The van der Waals surface area contributed by atoms with Gasteiger partial charge >= 0.3 is 0 Å². The van der Waals surface area contributed by atoms with E-state index in [1.54, 1.807) is 16.8 Å². The van der Waals surface area contributed by atoms with Gasteiger partial charge in [-0.3, -0.25) is 4.90 Å². The van der Waals surface area contributed by atoms with Crippen LogP contribution >= 0.6 is 0 Å². The highest BCUT2D eigenvalue weighted by Crippen LogP contribution is 2.34. The topological polar surface area (TPSA) is 59.8 Å². The van der Waals surface area contributed by atoms with Crippen molar-refractivity contribution in [2.75, 3.05) is 26.3 Å². The van der Waals surface area contributed by atoms with Crippen molar-refractivity contribution in [1.29, 1.82) is 0 Å². The van der Waals surface area contributed by atoms with Crippen LogP contribution in [0.25, 0.3) is 11.3 Å². The number of halogens is 1. The molecule has 184 valence electrons. The number of aliphatic hydroxyl groups excluding tert-OH is 1. The molecule has 0 radical (unpaired) electrons. The van der Waals surface area contributed by atoms with E-state index in [2.05, 4.69) is 25.7 Å². The molecule has 0 aliphatic carbocycles. The second kappa shape index (κ2) is 12.6. The maximum atomic E-state index is 13.8. The van der Waals surface area contributed by atoms with Gasteiger partial charge in [0.05, 0.1) is 18.3 Å². The first kappa shape index (κ1) is 25.9. The third kappa shape index (κ3) is 7.38. The number of aromatic nitrogens is 2. The van der Waals surface area contributed by atoms with Crippen molar-refractivity contribution in [3.63, 3.8) is 0 Å². The van der Waals surface area contributed by atoms with Crippen LogP contribution in [-0.2, 0) is 18.3 Å². The molecule has 2 aromatic carbocycles. The van der Waals surface area contributed by atoms with E-state index in [-0.39, 0.29) is 5.82 Å². The number of nitrogens with zero attached hydrogens (tertiary/aromatic N) is 3. The molecular formula is C27H36FN3O3. The van der Waals surface area contributed by atoms with Gasteiger partial charge in [-0.2, -0.15) is 5.10 Å². The molecule has 0 saturated heterocycles. The number of benzene rings is 2. The van der Waals surface area contributed by atoms with Crippen LogP contribution in [0.15, 0.2) is 54.6 Å². The van der Waals surface area contributed by atoms with Gasteiger partial charge in [-0.1, -0.05) is 57.2 Å². The summed E-state index contributed by atoms with van der Waals surface area (Å²) in [5.41, 5.74) is 2.67. The molecule has 3 rings (SSSR count). The van der Waals surface area contributed by atoms with Crippen LogP contribution in [0.3, 0.4) is 0 Å². The molecule has 1 heterocycles. The Bertz CT molecular complexity index is 1020. The fourth-order valence-electron chi connectivity index (χ4n) is 3.86. The predicted molar refractivity (Wildman–Crippen MR) is 132 cm³/mol. The van der Waals surface area contributed by atoms with E-state index in [4.69, 9.17) is 14.6 Å². The molecule has 1 N–H and O–H groups in total. The van der Waals surface area contributed by atoms with Gasteiger partial charge < -0.3 is 14.6 Å². The van der Waals surface area contributed by atoms with Crippen LogP contribution in [0.4, 0.5) is 4.39 Å². The maximum absolute atomic E-state index is 13.8. The molecule has 7 heteroatoms. The molecule has 0 aliphatic heterocycles. The van der Waals surface area contributed by atoms with Gasteiger partial charge in [-0.15, -0.1) is 0 Å². The standard InChI is InChI=1S/C27H36FN3O3/c1-5-14-31(16-23(32)19-33-18-20(2)3)17-25-26(21-10-7-6-8-11-21)29-30(4)27(25)34-24-13-9-12-22(28)15-24/h6-13,15,20,23,32H,5,14,16-19H2,1-4H3/t23-/m0/s1. The third-order valence-corrected chi connectivity index (χ3v) is 5.30. The lowest BCUT2D eigenvalue weighted by Crippen LogP contribution is -2.35. The van der Waals surface area contributed by atoms with Crippen molar-refractivity contribution in [3.05, 3.63) is 66.0 Å².